The molecule has 0 N–H and O–H groups in total. The van der Waals surface area contributed by atoms with Crippen molar-refractivity contribution in [2.75, 3.05) is 24.0 Å². The van der Waals surface area contributed by atoms with E-state index in [1.54, 1.807) is 66.2 Å². The topological polar surface area (TPSA) is 90.4 Å². The van der Waals surface area contributed by atoms with Crippen molar-refractivity contribution >= 4 is 35.1 Å². The minimum atomic E-state index is -1.10. The third kappa shape index (κ3) is 5.87. The summed E-state index contributed by atoms with van der Waals surface area (Å²) in [5.41, 5.74) is -1.29. The van der Waals surface area contributed by atoms with Gasteiger partial charge in [0.25, 0.3) is 5.91 Å². The molecular formula is C27H36ClN3O6. The van der Waals surface area contributed by atoms with Gasteiger partial charge in [0.1, 0.15) is 34.1 Å². The predicted molar refractivity (Wildman–Crippen MR) is 143 cm³/mol. The van der Waals surface area contributed by atoms with Crippen LogP contribution in [-0.2, 0) is 16.1 Å². The Bertz CT molecular complexity index is 1140. The highest BCUT2D eigenvalue weighted by molar-refractivity contribution is 6.25. The van der Waals surface area contributed by atoms with Crippen LogP contribution in [-0.4, -0.2) is 47.9 Å². The van der Waals surface area contributed by atoms with Gasteiger partial charge in [-0.1, -0.05) is 25.4 Å². The maximum Gasteiger partial charge on any atom is 0.416 e. The van der Waals surface area contributed by atoms with Crippen LogP contribution in [0.4, 0.5) is 16.3 Å². The SMILES string of the molecule is CCC1(CC)Oc2nc(N(Cc3ccc(OC)cc3OC)C(=O)OC(C)(C)C)ccc2N(C(C)Cl)C1=O. The van der Waals surface area contributed by atoms with Gasteiger partial charge in [-0.3, -0.25) is 14.6 Å². The highest BCUT2D eigenvalue weighted by Gasteiger charge is 2.48. The average Bonchev–Trinajstić information content (AvgIpc) is 2.85. The number of aromatic nitrogens is 1. The van der Waals surface area contributed by atoms with Crippen LogP contribution in [0.1, 0.15) is 59.9 Å². The third-order valence-corrected chi connectivity index (χ3v) is 6.39. The molecular weight excluding hydrogens is 498 g/mol. The van der Waals surface area contributed by atoms with Gasteiger partial charge >= 0.3 is 6.09 Å². The molecule has 1 aliphatic rings. The van der Waals surface area contributed by atoms with Gasteiger partial charge < -0.3 is 18.9 Å². The first-order chi connectivity index (χ1) is 17.4. The van der Waals surface area contributed by atoms with Crippen LogP contribution in [0.3, 0.4) is 0 Å². The van der Waals surface area contributed by atoms with Gasteiger partial charge in [0, 0.05) is 11.6 Å². The van der Waals surface area contributed by atoms with Crippen LogP contribution < -0.4 is 24.0 Å². The molecule has 0 aliphatic carbocycles. The Hall–Kier alpha value is -3.20. The van der Waals surface area contributed by atoms with E-state index in [1.165, 1.54) is 9.80 Å². The van der Waals surface area contributed by atoms with Gasteiger partial charge in [-0.15, -0.1) is 0 Å². The fourth-order valence-electron chi connectivity index (χ4n) is 4.15. The zero-order valence-electron chi connectivity index (χ0n) is 22.8. The molecule has 0 spiro atoms. The number of alkyl halides is 1. The van der Waals surface area contributed by atoms with Crippen LogP contribution in [0.25, 0.3) is 0 Å². The Morgan fingerprint density at radius 3 is 2.38 bits per heavy atom. The van der Waals surface area contributed by atoms with Crippen molar-refractivity contribution in [2.45, 2.75) is 77.6 Å². The lowest BCUT2D eigenvalue weighted by molar-refractivity contribution is -0.136. The second-order valence-electron chi connectivity index (χ2n) is 9.79. The van der Waals surface area contributed by atoms with Gasteiger partial charge in [-0.25, -0.2) is 4.79 Å². The van der Waals surface area contributed by atoms with Crippen LogP contribution in [0.5, 0.6) is 17.4 Å². The smallest absolute Gasteiger partial charge is 0.416 e. The number of hydrogen-bond donors (Lipinski definition) is 0. The van der Waals surface area contributed by atoms with Crippen molar-refractivity contribution in [3.63, 3.8) is 0 Å². The summed E-state index contributed by atoms with van der Waals surface area (Å²) in [6, 6.07) is 8.68. The van der Waals surface area contributed by atoms with Crippen molar-refractivity contribution < 1.29 is 28.5 Å². The summed E-state index contributed by atoms with van der Waals surface area (Å²) >= 11 is 6.42. The minimum Gasteiger partial charge on any atom is -0.497 e. The highest BCUT2D eigenvalue weighted by Crippen LogP contribution is 2.42. The van der Waals surface area contributed by atoms with E-state index in [-0.39, 0.29) is 18.3 Å². The lowest BCUT2D eigenvalue weighted by Gasteiger charge is -2.42. The van der Waals surface area contributed by atoms with E-state index >= 15 is 0 Å². The molecule has 2 aromatic rings. The summed E-state index contributed by atoms with van der Waals surface area (Å²) in [7, 11) is 3.12. The Morgan fingerprint density at radius 2 is 1.84 bits per heavy atom. The molecule has 1 unspecified atom stereocenters. The largest absolute Gasteiger partial charge is 0.497 e. The number of halogens is 1. The lowest BCUT2D eigenvalue weighted by Crippen LogP contribution is -2.57. The second-order valence-corrected chi connectivity index (χ2v) is 10.4. The number of pyridine rings is 1. The molecule has 0 saturated carbocycles. The molecule has 9 nitrogen and oxygen atoms in total. The summed E-state index contributed by atoms with van der Waals surface area (Å²) in [5.74, 6) is 1.48. The zero-order chi connectivity index (χ0) is 27.5. The number of hydrogen-bond acceptors (Lipinski definition) is 7. The molecule has 1 aromatic heterocycles. The normalized spacial score (nSPS) is 15.4. The van der Waals surface area contributed by atoms with Crippen LogP contribution >= 0.6 is 11.6 Å². The highest BCUT2D eigenvalue weighted by atomic mass is 35.5. The van der Waals surface area contributed by atoms with Crippen molar-refractivity contribution in [2.24, 2.45) is 0 Å². The van der Waals surface area contributed by atoms with Crippen LogP contribution in [0.2, 0.25) is 0 Å². The molecule has 2 amide bonds. The Morgan fingerprint density at radius 1 is 1.16 bits per heavy atom. The summed E-state index contributed by atoms with van der Waals surface area (Å²) in [6.45, 7) is 11.0. The monoisotopic (exact) mass is 533 g/mol. The van der Waals surface area contributed by atoms with E-state index < -0.39 is 22.8 Å². The molecule has 1 aliphatic heterocycles. The first kappa shape index (κ1) is 28.4. The quantitative estimate of drug-likeness (QED) is 0.308. The number of carbonyl (C=O) groups excluding carboxylic acids is 2. The summed E-state index contributed by atoms with van der Waals surface area (Å²) in [6.07, 6.45) is 0.281. The molecule has 10 heteroatoms. The van der Waals surface area contributed by atoms with Crippen molar-refractivity contribution in [1.29, 1.82) is 0 Å². The summed E-state index contributed by atoms with van der Waals surface area (Å²) in [5, 5.41) is 0. The number of ether oxygens (including phenoxy) is 4. The first-order valence-electron chi connectivity index (χ1n) is 12.3. The predicted octanol–water partition coefficient (Wildman–Crippen LogP) is 5.91. The number of nitrogens with zero attached hydrogens (tertiary/aromatic N) is 3. The molecule has 0 saturated heterocycles. The number of amides is 2. The minimum absolute atomic E-state index is 0.106. The molecule has 0 bridgehead atoms. The molecule has 2 heterocycles. The van der Waals surface area contributed by atoms with Gasteiger partial charge in [-0.05, 0) is 64.8 Å². The Kier molecular flexibility index (Phi) is 8.47. The fourth-order valence-corrected chi connectivity index (χ4v) is 4.34. The van der Waals surface area contributed by atoms with Gasteiger partial charge in [0.15, 0.2) is 5.60 Å². The zero-order valence-corrected chi connectivity index (χ0v) is 23.5. The van der Waals surface area contributed by atoms with E-state index in [9.17, 15) is 9.59 Å². The van der Waals surface area contributed by atoms with Gasteiger partial charge in [0.2, 0.25) is 5.88 Å². The summed E-state index contributed by atoms with van der Waals surface area (Å²) < 4.78 is 22.8. The fraction of sp³-hybridized carbons (Fsp3) is 0.519. The van der Waals surface area contributed by atoms with Crippen LogP contribution in [0.15, 0.2) is 30.3 Å². The average molecular weight is 534 g/mol. The number of benzene rings is 1. The van der Waals surface area contributed by atoms with Crippen molar-refractivity contribution in [1.82, 2.24) is 4.98 Å². The molecule has 0 radical (unpaired) electrons. The number of fused-ring (bicyclic) bond motifs is 1. The standard InChI is InChI=1S/C27H36ClN3O6/c1-9-27(10-2)24(32)31(17(3)28)20-13-14-22(29-23(20)36-27)30(25(33)37-26(4,5)6)16-18-11-12-19(34-7)15-21(18)35-8/h11-15,17H,9-10,16H2,1-8H3. The maximum atomic E-state index is 13.4. The summed E-state index contributed by atoms with van der Waals surface area (Å²) in [4.78, 5) is 34.3. The Labute approximate surface area is 223 Å². The third-order valence-electron chi connectivity index (χ3n) is 6.20. The second kappa shape index (κ2) is 11.0. The molecule has 37 heavy (non-hydrogen) atoms. The molecule has 1 atom stereocenters. The number of methoxy groups -OCH3 is 2. The van der Waals surface area contributed by atoms with Crippen molar-refractivity contribution in [3.05, 3.63) is 35.9 Å². The lowest BCUT2D eigenvalue weighted by atomic mass is 9.93. The van der Waals surface area contributed by atoms with E-state index in [4.69, 9.17) is 35.5 Å². The molecule has 3 rings (SSSR count). The molecule has 1 aromatic carbocycles. The first-order valence-corrected chi connectivity index (χ1v) is 12.7. The van der Waals surface area contributed by atoms with E-state index in [0.717, 1.165) is 5.56 Å². The molecule has 0 fully saturated rings. The Balaban J connectivity index is 2.12. The van der Waals surface area contributed by atoms with Gasteiger partial charge in [0.05, 0.1) is 20.8 Å². The van der Waals surface area contributed by atoms with E-state index in [2.05, 4.69) is 0 Å². The number of carbonyl (C=O) groups is 2. The molecule has 202 valence electrons. The van der Waals surface area contributed by atoms with Crippen LogP contribution in [0, 0.1) is 0 Å². The number of anilines is 2. The number of rotatable bonds is 8. The van der Waals surface area contributed by atoms with E-state index in [0.29, 0.717) is 35.8 Å². The van der Waals surface area contributed by atoms with E-state index in [1.807, 2.05) is 19.9 Å². The van der Waals surface area contributed by atoms with Crippen molar-refractivity contribution in [3.8, 4) is 17.4 Å². The van der Waals surface area contributed by atoms with Gasteiger partial charge in [-0.2, -0.15) is 4.98 Å². The maximum absolute atomic E-state index is 13.4.